The van der Waals surface area contributed by atoms with Crippen LogP contribution in [0.15, 0.2) is 40.1 Å². The van der Waals surface area contributed by atoms with Crippen LogP contribution in [0.2, 0.25) is 0 Å². The first-order chi connectivity index (χ1) is 9.19. The molecule has 0 saturated heterocycles. The summed E-state index contributed by atoms with van der Waals surface area (Å²) in [5, 5.41) is 1.67. The van der Waals surface area contributed by atoms with E-state index in [0.29, 0.717) is 5.56 Å². The molecule has 0 amide bonds. The third-order valence-corrected chi connectivity index (χ3v) is 3.91. The van der Waals surface area contributed by atoms with Crippen molar-refractivity contribution in [3.8, 4) is 0 Å². The number of thioether (sulfide) groups is 1. The zero-order valence-electron chi connectivity index (χ0n) is 10.2. The number of halogens is 1. The summed E-state index contributed by atoms with van der Waals surface area (Å²) in [4.78, 5) is 16.0. The highest BCUT2D eigenvalue weighted by Gasteiger charge is 2.03. The van der Waals surface area contributed by atoms with Crippen LogP contribution in [-0.2, 0) is 6.42 Å². The second-order valence-electron chi connectivity index (χ2n) is 3.62. The Balaban J connectivity index is 1.95. The van der Waals surface area contributed by atoms with Crippen molar-refractivity contribution in [1.82, 2.24) is 9.36 Å². The zero-order chi connectivity index (χ0) is 13.7. The van der Waals surface area contributed by atoms with E-state index in [4.69, 9.17) is 0 Å². The SMILES string of the molecule is CCc1nsc(S/C=C/C(=O)c2ccc(F)cc2)n1. The Kier molecular flexibility index (Phi) is 4.81. The second-order valence-corrected chi connectivity index (χ2v) is 5.53. The van der Waals surface area contributed by atoms with Crippen LogP contribution in [0.1, 0.15) is 23.1 Å². The van der Waals surface area contributed by atoms with Gasteiger partial charge in [0.25, 0.3) is 0 Å². The molecular weight excluding hydrogens is 283 g/mol. The molecule has 0 aliphatic rings. The molecule has 98 valence electrons. The lowest BCUT2D eigenvalue weighted by molar-refractivity contribution is 0.104. The first-order valence-electron chi connectivity index (χ1n) is 5.64. The largest absolute Gasteiger partial charge is 0.289 e. The average molecular weight is 294 g/mol. The minimum absolute atomic E-state index is 0.160. The average Bonchev–Trinajstić information content (AvgIpc) is 2.87. The van der Waals surface area contributed by atoms with Gasteiger partial charge in [0.1, 0.15) is 11.6 Å². The third kappa shape index (κ3) is 3.97. The van der Waals surface area contributed by atoms with E-state index in [2.05, 4.69) is 9.36 Å². The molecule has 0 saturated carbocycles. The first kappa shape index (κ1) is 13.9. The second kappa shape index (κ2) is 6.58. The lowest BCUT2D eigenvalue weighted by Crippen LogP contribution is -1.93. The van der Waals surface area contributed by atoms with Crippen LogP contribution in [0.25, 0.3) is 0 Å². The van der Waals surface area contributed by atoms with Gasteiger partial charge in [0.05, 0.1) is 0 Å². The van der Waals surface area contributed by atoms with E-state index in [1.807, 2.05) is 6.92 Å². The molecule has 0 fully saturated rings. The zero-order valence-corrected chi connectivity index (χ0v) is 11.8. The fourth-order valence-electron chi connectivity index (χ4n) is 1.29. The number of hydrogen-bond acceptors (Lipinski definition) is 5. The summed E-state index contributed by atoms with van der Waals surface area (Å²) in [6.45, 7) is 1.99. The number of carbonyl (C=O) groups is 1. The number of ketones is 1. The summed E-state index contributed by atoms with van der Waals surface area (Å²) >= 11 is 2.67. The molecule has 0 aliphatic carbocycles. The Morgan fingerprint density at radius 1 is 1.42 bits per heavy atom. The molecule has 0 radical (unpaired) electrons. The predicted octanol–water partition coefficient (Wildman–Crippen LogP) is 3.73. The van der Waals surface area contributed by atoms with Crippen molar-refractivity contribution in [2.24, 2.45) is 0 Å². The molecule has 0 unspecified atom stereocenters. The predicted molar refractivity (Wildman–Crippen MR) is 75.0 cm³/mol. The molecule has 3 nitrogen and oxygen atoms in total. The monoisotopic (exact) mass is 294 g/mol. The van der Waals surface area contributed by atoms with Gasteiger partial charge in [-0.25, -0.2) is 9.37 Å². The smallest absolute Gasteiger partial charge is 0.186 e. The maximum atomic E-state index is 12.7. The van der Waals surface area contributed by atoms with Crippen molar-refractivity contribution in [3.63, 3.8) is 0 Å². The van der Waals surface area contributed by atoms with Gasteiger partial charge >= 0.3 is 0 Å². The summed E-state index contributed by atoms with van der Waals surface area (Å²) in [6.07, 6.45) is 2.25. The summed E-state index contributed by atoms with van der Waals surface area (Å²) in [5.74, 6) is 0.300. The maximum absolute atomic E-state index is 12.7. The quantitative estimate of drug-likeness (QED) is 0.479. The van der Waals surface area contributed by atoms with Crippen LogP contribution in [0.4, 0.5) is 4.39 Å². The van der Waals surface area contributed by atoms with Crippen LogP contribution >= 0.6 is 23.3 Å². The fraction of sp³-hybridized carbons (Fsp3) is 0.154. The fourth-order valence-corrected chi connectivity index (χ4v) is 2.71. The standard InChI is InChI=1S/C13H11FN2OS2/c1-2-12-15-13(19-16-12)18-8-7-11(17)9-3-5-10(14)6-4-9/h3-8H,2H2,1H3/b8-7+. The molecule has 0 atom stereocenters. The summed E-state index contributed by atoms with van der Waals surface area (Å²) in [5.41, 5.74) is 0.463. The van der Waals surface area contributed by atoms with Gasteiger partial charge in [0, 0.05) is 12.0 Å². The molecule has 0 N–H and O–H groups in total. The normalized spacial score (nSPS) is 11.1. The number of benzene rings is 1. The van der Waals surface area contributed by atoms with E-state index in [1.54, 1.807) is 5.41 Å². The van der Waals surface area contributed by atoms with Gasteiger partial charge in [-0.05, 0) is 47.3 Å². The Bertz CT molecular complexity index is 593. The van der Waals surface area contributed by atoms with E-state index in [-0.39, 0.29) is 11.6 Å². The van der Waals surface area contributed by atoms with Gasteiger partial charge in [0.2, 0.25) is 0 Å². The van der Waals surface area contributed by atoms with Crippen molar-refractivity contribution in [2.75, 3.05) is 0 Å². The van der Waals surface area contributed by atoms with E-state index < -0.39 is 0 Å². The van der Waals surface area contributed by atoms with Crippen LogP contribution in [0.3, 0.4) is 0 Å². The number of carbonyl (C=O) groups excluding carboxylic acids is 1. The third-order valence-electron chi connectivity index (χ3n) is 2.28. The van der Waals surface area contributed by atoms with Crippen molar-refractivity contribution in [1.29, 1.82) is 0 Å². The number of allylic oxidation sites excluding steroid dienone is 1. The molecule has 1 aromatic heterocycles. The number of hydrogen-bond donors (Lipinski definition) is 0. The molecule has 0 spiro atoms. The van der Waals surface area contributed by atoms with Gasteiger partial charge in [0.15, 0.2) is 10.1 Å². The highest BCUT2D eigenvalue weighted by molar-refractivity contribution is 8.03. The van der Waals surface area contributed by atoms with E-state index in [0.717, 1.165) is 16.6 Å². The van der Waals surface area contributed by atoms with Crippen molar-refractivity contribution in [2.45, 2.75) is 17.7 Å². The Hall–Kier alpha value is -1.53. The molecular formula is C13H11FN2OS2. The summed E-state index contributed by atoms with van der Waals surface area (Å²) in [7, 11) is 0. The molecule has 0 aliphatic heterocycles. The molecule has 6 heteroatoms. The van der Waals surface area contributed by atoms with Crippen molar-refractivity contribution < 1.29 is 9.18 Å². The Morgan fingerprint density at radius 2 is 2.16 bits per heavy atom. The first-order valence-corrected chi connectivity index (χ1v) is 7.30. The minimum Gasteiger partial charge on any atom is -0.289 e. The van der Waals surface area contributed by atoms with Crippen LogP contribution < -0.4 is 0 Å². The lowest BCUT2D eigenvalue weighted by Gasteiger charge is -1.94. The van der Waals surface area contributed by atoms with Gasteiger partial charge in [-0.1, -0.05) is 18.7 Å². The topological polar surface area (TPSA) is 42.9 Å². The number of aromatic nitrogens is 2. The number of nitrogens with zero attached hydrogens (tertiary/aromatic N) is 2. The maximum Gasteiger partial charge on any atom is 0.186 e. The minimum atomic E-state index is -0.351. The molecule has 0 bridgehead atoms. The van der Waals surface area contributed by atoms with Crippen LogP contribution in [0, 0.1) is 5.82 Å². The Morgan fingerprint density at radius 3 is 2.79 bits per heavy atom. The van der Waals surface area contributed by atoms with E-state index in [1.165, 1.54) is 53.6 Å². The highest BCUT2D eigenvalue weighted by atomic mass is 32.2. The van der Waals surface area contributed by atoms with E-state index in [9.17, 15) is 9.18 Å². The molecule has 2 rings (SSSR count). The van der Waals surface area contributed by atoms with E-state index >= 15 is 0 Å². The molecule has 1 aromatic carbocycles. The van der Waals surface area contributed by atoms with Crippen LogP contribution in [0.5, 0.6) is 0 Å². The summed E-state index contributed by atoms with van der Waals surface area (Å²) < 4.78 is 17.7. The number of aryl methyl sites for hydroxylation is 1. The lowest BCUT2D eigenvalue weighted by atomic mass is 10.1. The molecule has 1 heterocycles. The van der Waals surface area contributed by atoms with Gasteiger partial charge in [-0.3, -0.25) is 4.79 Å². The van der Waals surface area contributed by atoms with Gasteiger partial charge in [-0.2, -0.15) is 4.37 Å². The number of rotatable bonds is 5. The molecule has 2 aromatic rings. The Labute approximate surface area is 118 Å². The van der Waals surface area contributed by atoms with Crippen molar-refractivity contribution in [3.05, 3.63) is 53.0 Å². The highest BCUT2D eigenvalue weighted by Crippen LogP contribution is 2.21. The van der Waals surface area contributed by atoms with Gasteiger partial charge in [-0.15, -0.1) is 0 Å². The molecule has 19 heavy (non-hydrogen) atoms. The van der Waals surface area contributed by atoms with Crippen molar-refractivity contribution >= 4 is 29.1 Å². The summed E-state index contributed by atoms with van der Waals surface area (Å²) in [6, 6.07) is 5.47. The van der Waals surface area contributed by atoms with Gasteiger partial charge < -0.3 is 0 Å². The van der Waals surface area contributed by atoms with Crippen LogP contribution in [-0.4, -0.2) is 15.1 Å².